The molecule has 2 aromatic rings. The van der Waals surface area contributed by atoms with Gasteiger partial charge < -0.3 is 15.5 Å². The highest BCUT2D eigenvalue weighted by Crippen LogP contribution is 2.19. The van der Waals surface area contributed by atoms with Gasteiger partial charge in [0.05, 0.1) is 12.9 Å². The van der Waals surface area contributed by atoms with Gasteiger partial charge in [-0.3, -0.25) is 0 Å². The van der Waals surface area contributed by atoms with E-state index in [1.54, 1.807) is 0 Å². The van der Waals surface area contributed by atoms with Gasteiger partial charge in [-0.25, -0.2) is 4.98 Å². The molecule has 2 aromatic heterocycles. The smallest absolute Gasteiger partial charge is 0.245 e. The summed E-state index contributed by atoms with van der Waals surface area (Å²) in [5, 5.41) is 0. The molecule has 0 radical (unpaired) electrons. The van der Waals surface area contributed by atoms with Crippen LogP contribution >= 0.6 is 0 Å². The molecule has 3 N–H and O–H groups in total. The SMILES string of the molecule is CC.CCOc1nc(N)nc2nc[nH]c12. The van der Waals surface area contributed by atoms with Gasteiger partial charge in [-0.15, -0.1) is 0 Å². The number of hydrogen-bond donors (Lipinski definition) is 2. The molecule has 0 spiro atoms. The maximum Gasteiger partial charge on any atom is 0.245 e. The fraction of sp³-hybridized carbons (Fsp3) is 0.444. The van der Waals surface area contributed by atoms with Crippen LogP contribution in [0.3, 0.4) is 0 Å². The molecule has 0 aliphatic carbocycles. The summed E-state index contributed by atoms with van der Waals surface area (Å²) >= 11 is 0. The van der Waals surface area contributed by atoms with Crippen LogP contribution in [-0.2, 0) is 0 Å². The maximum absolute atomic E-state index is 5.46. The molecular formula is C9H15N5O. The maximum atomic E-state index is 5.46. The second kappa shape index (κ2) is 5.14. The van der Waals surface area contributed by atoms with Crippen molar-refractivity contribution in [3.8, 4) is 5.88 Å². The Labute approximate surface area is 87.9 Å². The van der Waals surface area contributed by atoms with E-state index in [9.17, 15) is 0 Å². The van der Waals surface area contributed by atoms with E-state index in [1.165, 1.54) is 6.33 Å². The van der Waals surface area contributed by atoms with Crippen molar-refractivity contribution in [2.75, 3.05) is 12.3 Å². The molecule has 0 aromatic carbocycles. The zero-order valence-electron chi connectivity index (χ0n) is 9.11. The number of aromatic amines is 1. The lowest BCUT2D eigenvalue weighted by atomic mass is 10.5. The number of hydrogen-bond acceptors (Lipinski definition) is 5. The third-order valence-electron chi connectivity index (χ3n) is 1.55. The molecule has 0 bridgehead atoms. The first kappa shape index (κ1) is 11.2. The average Bonchev–Trinajstić information content (AvgIpc) is 2.69. The summed E-state index contributed by atoms with van der Waals surface area (Å²) in [7, 11) is 0. The number of anilines is 1. The summed E-state index contributed by atoms with van der Waals surface area (Å²) < 4.78 is 5.26. The lowest BCUT2D eigenvalue weighted by Gasteiger charge is -2.02. The van der Waals surface area contributed by atoms with Gasteiger partial charge in [-0.1, -0.05) is 13.8 Å². The van der Waals surface area contributed by atoms with Crippen molar-refractivity contribution in [3.63, 3.8) is 0 Å². The number of rotatable bonds is 2. The predicted molar refractivity (Wildman–Crippen MR) is 58.6 cm³/mol. The van der Waals surface area contributed by atoms with Gasteiger partial charge >= 0.3 is 0 Å². The van der Waals surface area contributed by atoms with E-state index in [2.05, 4.69) is 19.9 Å². The number of nitrogens with two attached hydrogens (primary N) is 1. The van der Waals surface area contributed by atoms with Crippen molar-refractivity contribution in [1.82, 2.24) is 19.9 Å². The van der Waals surface area contributed by atoms with Crippen LogP contribution in [0.25, 0.3) is 11.2 Å². The second-order valence-corrected chi connectivity index (χ2v) is 2.42. The van der Waals surface area contributed by atoms with Gasteiger partial charge in [0.15, 0.2) is 5.65 Å². The predicted octanol–water partition coefficient (Wildman–Crippen LogP) is 1.36. The first-order chi connectivity index (χ1) is 7.31. The summed E-state index contributed by atoms with van der Waals surface area (Å²) in [6.45, 7) is 6.41. The fourth-order valence-corrected chi connectivity index (χ4v) is 1.06. The Kier molecular flexibility index (Phi) is 3.84. The Bertz CT molecular complexity index is 425. The van der Waals surface area contributed by atoms with Crippen molar-refractivity contribution in [2.24, 2.45) is 0 Å². The second-order valence-electron chi connectivity index (χ2n) is 2.42. The van der Waals surface area contributed by atoms with E-state index in [0.29, 0.717) is 23.7 Å². The minimum Gasteiger partial charge on any atom is -0.476 e. The molecule has 0 saturated heterocycles. The van der Waals surface area contributed by atoms with Crippen LogP contribution in [0.2, 0.25) is 0 Å². The number of H-pyrrole nitrogens is 1. The minimum atomic E-state index is 0.169. The van der Waals surface area contributed by atoms with E-state index in [1.807, 2.05) is 20.8 Å². The highest BCUT2D eigenvalue weighted by Gasteiger charge is 2.08. The Morgan fingerprint density at radius 3 is 2.80 bits per heavy atom. The summed E-state index contributed by atoms with van der Waals surface area (Å²) in [6.07, 6.45) is 1.53. The zero-order chi connectivity index (χ0) is 11.3. The molecule has 0 unspecified atom stereocenters. The van der Waals surface area contributed by atoms with Crippen LogP contribution in [0.1, 0.15) is 20.8 Å². The molecule has 0 aliphatic heterocycles. The van der Waals surface area contributed by atoms with Crippen LogP contribution in [0.4, 0.5) is 5.95 Å². The largest absolute Gasteiger partial charge is 0.476 e. The number of fused-ring (bicyclic) bond motifs is 1. The first-order valence-corrected chi connectivity index (χ1v) is 4.90. The highest BCUT2D eigenvalue weighted by molar-refractivity contribution is 5.76. The Morgan fingerprint density at radius 2 is 2.13 bits per heavy atom. The number of aromatic nitrogens is 4. The van der Waals surface area contributed by atoms with Gasteiger partial charge in [-0.05, 0) is 6.92 Å². The fourth-order valence-electron chi connectivity index (χ4n) is 1.06. The number of ether oxygens (including phenoxy) is 1. The normalized spacial score (nSPS) is 9.53. The Hall–Kier alpha value is -1.85. The van der Waals surface area contributed by atoms with E-state index < -0.39 is 0 Å². The Balaban J connectivity index is 0.000000531. The molecule has 0 aliphatic rings. The van der Waals surface area contributed by atoms with Crippen molar-refractivity contribution in [2.45, 2.75) is 20.8 Å². The quantitative estimate of drug-likeness (QED) is 0.779. The lowest BCUT2D eigenvalue weighted by Crippen LogP contribution is -2.01. The van der Waals surface area contributed by atoms with Crippen LogP contribution in [-0.4, -0.2) is 26.5 Å². The summed E-state index contributed by atoms with van der Waals surface area (Å²) in [6, 6.07) is 0. The van der Waals surface area contributed by atoms with Crippen molar-refractivity contribution >= 4 is 17.1 Å². The van der Waals surface area contributed by atoms with Crippen molar-refractivity contribution in [1.29, 1.82) is 0 Å². The zero-order valence-corrected chi connectivity index (χ0v) is 9.11. The first-order valence-electron chi connectivity index (χ1n) is 4.90. The molecule has 6 heteroatoms. The van der Waals surface area contributed by atoms with Gasteiger partial charge in [0.1, 0.15) is 5.52 Å². The van der Waals surface area contributed by atoms with E-state index in [-0.39, 0.29) is 5.95 Å². The molecule has 6 nitrogen and oxygen atoms in total. The van der Waals surface area contributed by atoms with Crippen molar-refractivity contribution < 1.29 is 4.74 Å². The van der Waals surface area contributed by atoms with E-state index in [0.717, 1.165) is 0 Å². The third-order valence-corrected chi connectivity index (χ3v) is 1.55. The summed E-state index contributed by atoms with van der Waals surface area (Å²) in [4.78, 5) is 14.7. The molecule has 82 valence electrons. The molecule has 0 saturated carbocycles. The lowest BCUT2D eigenvalue weighted by molar-refractivity contribution is 0.331. The van der Waals surface area contributed by atoms with Gasteiger partial charge in [0.2, 0.25) is 11.8 Å². The Morgan fingerprint density at radius 1 is 1.40 bits per heavy atom. The van der Waals surface area contributed by atoms with Crippen LogP contribution in [0.5, 0.6) is 5.88 Å². The van der Waals surface area contributed by atoms with Crippen LogP contribution < -0.4 is 10.5 Å². The molecule has 0 fully saturated rings. The number of imidazole rings is 1. The average molecular weight is 209 g/mol. The highest BCUT2D eigenvalue weighted by atomic mass is 16.5. The van der Waals surface area contributed by atoms with Crippen LogP contribution in [0, 0.1) is 0 Å². The molecule has 2 heterocycles. The number of nitrogen functional groups attached to an aromatic ring is 1. The van der Waals surface area contributed by atoms with Gasteiger partial charge in [0, 0.05) is 0 Å². The van der Waals surface area contributed by atoms with Gasteiger partial charge in [-0.2, -0.15) is 9.97 Å². The molecule has 2 rings (SSSR count). The molecular weight excluding hydrogens is 194 g/mol. The molecule has 0 atom stereocenters. The standard InChI is InChI=1S/C7H9N5O.C2H6/c1-2-13-6-4-5(10-3-9-4)11-7(8)12-6;1-2/h3H,2H2,1H3,(H3,8,9,10,11,12);1-2H3. The number of nitrogens with zero attached hydrogens (tertiary/aromatic N) is 3. The molecule has 15 heavy (non-hydrogen) atoms. The van der Waals surface area contributed by atoms with Gasteiger partial charge in [0.25, 0.3) is 0 Å². The van der Waals surface area contributed by atoms with Crippen molar-refractivity contribution in [3.05, 3.63) is 6.33 Å². The topological polar surface area (TPSA) is 89.7 Å². The minimum absolute atomic E-state index is 0.169. The third kappa shape index (κ3) is 2.34. The number of nitrogens with one attached hydrogen (secondary N) is 1. The summed E-state index contributed by atoms with van der Waals surface area (Å²) in [5.41, 5.74) is 6.66. The van der Waals surface area contributed by atoms with Crippen LogP contribution in [0.15, 0.2) is 6.33 Å². The van der Waals surface area contributed by atoms with E-state index in [4.69, 9.17) is 10.5 Å². The monoisotopic (exact) mass is 209 g/mol. The summed E-state index contributed by atoms with van der Waals surface area (Å²) in [5.74, 6) is 0.616. The van der Waals surface area contributed by atoms with E-state index >= 15 is 0 Å². The molecule has 0 amide bonds.